The van der Waals surface area contributed by atoms with Gasteiger partial charge in [0.15, 0.2) is 6.10 Å². The molecule has 0 aromatic rings. The number of ether oxygens (including phenoxy) is 4. The predicted octanol–water partition coefficient (Wildman–Crippen LogP) is 6.52. The van der Waals surface area contributed by atoms with Gasteiger partial charge in [-0.05, 0) is 103 Å². The first kappa shape index (κ1) is 36.8. The molecule has 0 radical (unpaired) electrons. The minimum atomic E-state index is -1.13. The van der Waals surface area contributed by atoms with E-state index in [4.69, 9.17) is 18.9 Å². The highest BCUT2D eigenvalue weighted by Crippen LogP contribution is 2.75. The molecule has 9 heteroatoms. The van der Waals surface area contributed by atoms with E-state index in [1.165, 1.54) is 19.4 Å². The molecule has 6 aliphatic rings. The molecule has 0 aromatic heterocycles. The number of aliphatic hydroxyl groups excluding tert-OH is 2. The molecule has 49 heavy (non-hydrogen) atoms. The van der Waals surface area contributed by atoms with Gasteiger partial charge >= 0.3 is 17.9 Å². The van der Waals surface area contributed by atoms with Gasteiger partial charge in [0.25, 0.3) is 0 Å². The number of esters is 3. The van der Waals surface area contributed by atoms with Gasteiger partial charge in [-0.2, -0.15) is 0 Å². The molecule has 5 aliphatic carbocycles. The van der Waals surface area contributed by atoms with Crippen molar-refractivity contribution in [2.45, 2.75) is 158 Å². The van der Waals surface area contributed by atoms with Crippen molar-refractivity contribution < 1.29 is 43.5 Å². The number of fused-ring (bicyclic) bond motifs is 7. The van der Waals surface area contributed by atoms with Crippen molar-refractivity contribution in [2.75, 3.05) is 6.61 Å². The van der Waals surface area contributed by atoms with Crippen molar-refractivity contribution in [1.82, 2.24) is 0 Å². The maximum Gasteiger partial charge on any atom is 0.317 e. The van der Waals surface area contributed by atoms with Gasteiger partial charge in [0.1, 0.15) is 11.5 Å². The number of hydrogen-bond acceptors (Lipinski definition) is 9. The standard InChI is InChI=1S/C40H62O9/c1-22-32(48-24(3)42)27(47-23(2)41)21-46-33(22)49-34(45)40-18-17-35(4,5)19-26(40)25-11-12-29-37(8)15-14-30(43)36(6,7)28(37)13-16-38(29,9)39(25,10)20-31(40)44/h11,22,26-33,43-44H,12-21H2,1-10H3/t22-,26+,27+,28+,29-,30+,31?,32?,33-,37+,38-,39-,40-/m1/s1. The summed E-state index contributed by atoms with van der Waals surface area (Å²) >= 11 is 0. The van der Waals surface area contributed by atoms with E-state index in [2.05, 4.69) is 54.5 Å². The van der Waals surface area contributed by atoms with Crippen molar-refractivity contribution in [3.63, 3.8) is 0 Å². The number of carbonyl (C=O) groups is 3. The van der Waals surface area contributed by atoms with Gasteiger partial charge in [-0.15, -0.1) is 0 Å². The van der Waals surface area contributed by atoms with Crippen LogP contribution >= 0.6 is 0 Å². The Hall–Kier alpha value is -1.97. The molecule has 0 bridgehead atoms. The molecule has 0 amide bonds. The van der Waals surface area contributed by atoms with E-state index >= 15 is 0 Å². The summed E-state index contributed by atoms with van der Waals surface area (Å²) in [6.07, 6.45) is 5.93. The van der Waals surface area contributed by atoms with E-state index in [-0.39, 0.29) is 45.7 Å². The molecule has 2 unspecified atom stereocenters. The number of carbonyl (C=O) groups excluding carboxylic acids is 3. The topological polar surface area (TPSA) is 129 Å². The van der Waals surface area contributed by atoms with Crippen LogP contribution in [-0.2, 0) is 33.3 Å². The second-order valence-electron chi connectivity index (χ2n) is 19.0. The van der Waals surface area contributed by atoms with Crippen molar-refractivity contribution in [1.29, 1.82) is 0 Å². The van der Waals surface area contributed by atoms with Crippen LogP contribution in [0, 0.1) is 56.2 Å². The molecule has 5 fully saturated rings. The Balaban J connectivity index is 1.34. The molecule has 0 spiro atoms. The summed E-state index contributed by atoms with van der Waals surface area (Å²) in [6.45, 7) is 20.6. The Morgan fingerprint density at radius 3 is 2.14 bits per heavy atom. The maximum atomic E-state index is 14.8. The molecule has 9 nitrogen and oxygen atoms in total. The average molecular weight is 687 g/mol. The quantitative estimate of drug-likeness (QED) is 0.193. The summed E-state index contributed by atoms with van der Waals surface area (Å²) in [5.74, 6) is -1.47. The minimum absolute atomic E-state index is 0.0233. The number of rotatable bonds is 4. The zero-order valence-corrected chi connectivity index (χ0v) is 31.6. The van der Waals surface area contributed by atoms with Gasteiger partial charge in [0, 0.05) is 13.8 Å². The van der Waals surface area contributed by atoms with Gasteiger partial charge in [0.2, 0.25) is 6.29 Å². The molecule has 6 rings (SSSR count). The van der Waals surface area contributed by atoms with E-state index in [1.54, 1.807) is 6.92 Å². The lowest BCUT2D eigenvalue weighted by Crippen LogP contribution is -2.68. The SMILES string of the molecule is CC(=O)OC1[C@@H](OC(C)=O)CO[C@H](OC(=O)[C@]23CCC(C)(C)C[C@H]2C2=CC[C@@H]4[C@@]5(C)CC[C@H](O)C(C)(C)[C@@H]5CC[C@@]4(C)[C@]2(C)CC3O)[C@@H]1C. The zero-order valence-electron chi connectivity index (χ0n) is 31.6. The largest absolute Gasteiger partial charge is 0.458 e. The third kappa shape index (κ3) is 5.44. The Morgan fingerprint density at radius 1 is 0.816 bits per heavy atom. The molecule has 276 valence electrons. The summed E-state index contributed by atoms with van der Waals surface area (Å²) in [4.78, 5) is 38.6. The highest BCUT2D eigenvalue weighted by Gasteiger charge is 2.71. The molecular weight excluding hydrogens is 624 g/mol. The Kier molecular flexibility index (Phi) is 9.05. The number of aliphatic hydroxyl groups is 2. The number of hydrogen-bond donors (Lipinski definition) is 2. The Labute approximate surface area is 293 Å². The third-order valence-corrected chi connectivity index (χ3v) is 15.6. The fourth-order valence-corrected chi connectivity index (χ4v) is 12.7. The molecule has 1 saturated heterocycles. The van der Waals surface area contributed by atoms with Crippen LogP contribution in [0.4, 0.5) is 0 Å². The smallest absolute Gasteiger partial charge is 0.317 e. The van der Waals surface area contributed by atoms with Crippen LogP contribution in [0.25, 0.3) is 0 Å². The summed E-state index contributed by atoms with van der Waals surface area (Å²) < 4.78 is 23.3. The first-order valence-electron chi connectivity index (χ1n) is 18.9. The van der Waals surface area contributed by atoms with E-state index in [0.717, 1.165) is 44.9 Å². The predicted molar refractivity (Wildman–Crippen MR) is 183 cm³/mol. The third-order valence-electron chi connectivity index (χ3n) is 15.6. The highest BCUT2D eigenvalue weighted by atomic mass is 16.7. The van der Waals surface area contributed by atoms with Gasteiger partial charge in [-0.3, -0.25) is 14.4 Å². The van der Waals surface area contributed by atoms with E-state index in [0.29, 0.717) is 24.7 Å². The molecule has 1 heterocycles. The highest BCUT2D eigenvalue weighted by molar-refractivity contribution is 5.80. The normalized spacial score (nSPS) is 48.3. The van der Waals surface area contributed by atoms with Gasteiger partial charge in [-0.25, -0.2) is 0 Å². The van der Waals surface area contributed by atoms with E-state index in [1.807, 2.05) is 0 Å². The Morgan fingerprint density at radius 2 is 1.49 bits per heavy atom. The maximum absolute atomic E-state index is 14.8. The second-order valence-corrected chi connectivity index (χ2v) is 19.0. The lowest BCUT2D eigenvalue weighted by molar-refractivity contribution is -0.264. The second kappa shape index (κ2) is 12.0. The van der Waals surface area contributed by atoms with Gasteiger partial charge in [-0.1, -0.05) is 67.0 Å². The monoisotopic (exact) mass is 686 g/mol. The lowest BCUT2D eigenvalue weighted by Gasteiger charge is -2.71. The summed E-state index contributed by atoms with van der Waals surface area (Å²) in [6, 6.07) is 0. The van der Waals surface area contributed by atoms with E-state index < -0.39 is 53.8 Å². The van der Waals surface area contributed by atoms with Crippen molar-refractivity contribution in [3.8, 4) is 0 Å². The zero-order chi connectivity index (χ0) is 36.1. The molecule has 4 saturated carbocycles. The molecular formula is C40H62O9. The lowest BCUT2D eigenvalue weighted by atomic mass is 9.33. The van der Waals surface area contributed by atoms with E-state index in [9.17, 15) is 24.6 Å². The molecule has 2 N–H and O–H groups in total. The first-order chi connectivity index (χ1) is 22.6. The average Bonchev–Trinajstić information content (AvgIpc) is 2.98. The van der Waals surface area contributed by atoms with Crippen LogP contribution in [0.15, 0.2) is 11.6 Å². The van der Waals surface area contributed by atoms with Crippen molar-refractivity contribution in [3.05, 3.63) is 11.6 Å². The molecule has 13 atom stereocenters. The minimum Gasteiger partial charge on any atom is -0.458 e. The summed E-state index contributed by atoms with van der Waals surface area (Å²) in [5.41, 5.74) is -0.311. The first-order valence-corrected chi connectivity index (χ1v) is 18.9. The molecule has 0 aromatic carbocycles. The summed E-state index contributed by atoms with van der Waals surface area (Å²) in [5, 5.41) is 23.6. The van der Waals surface area contributed by atoms with Crippen LogP contribution in [0.1, 0.15) is 127 Å². The Bertz CT molecular complexity index is 1390. The van der Waals surface area contributed by atoms with Gasteiger partial charge in [0.05, 0.1) is 24.7 Å². The summed E-state index contributed by atoms with van der Waals surface area (Å²) in [7, 11) is 0. The van der Waals surface area contributed by atoms with Crippen molar-refractivity contribution in [2.24, 2.45) is 56.2 Å². The van der Waals surface area contributed by atoms with Crippen LogP contribution in [0.5, 0.6) is 0 Å². The van der Waals surface area contributed by atoms with Crippen LogP contribution in [-0.4, -0.2) is 65.4 Å². The van der Waals surface area contributed by atoms with Crippen LogP contribution in [0.2, 0.25) is 0 Å². The van der Waals surface area contributed by atoms with Crippen molar-refractivity contribution >= 4 is 17.9 Å². The fourth-order valence-electron chi connectivity index (χ4n) is 12.7. The van der Waals surface area contributed by atoms with Crippen LogP contribution < -0.4 is 0 Å². The van der Waals surface area contributed by atoms with Gasteiger partial charge < -0.3 is 29.2 Å². The fraction of sp³-hybridized carbons (Fsp3) is 0.875. The number of allylic oxidation sites excluding steroid dienone is 2. The van der Waals surface area contributed by atoms with Crippen LogP contribution in [0.3, 0.4) is 0 Å². The molecule has 1 aliphatic heterocycles.